The van der Waals surface area contributed by atoms with E-state index in [2.05, 4.69) is 20.8 Å². The molecule has 0 aromatic carbocycles. The summed E-state index contributed by atoms with van der Waals surface area (Å²) in [5.74, 6) is 3.74. The Hall–Kier alpha value is -0.920. The van der Waals surface area contributed by atoms with Crippen LogP contribution in [-0.4, -0.2) is 11.6 Å². The van der Waals surface area contributed by atoms with Gasteiger partial charge in [-0.2, -0.15) is 0 Å². The predicted octanol–water partition coefficient (Wildman–Crippen LogP) is 4.97. The maximum atomic E-state index is 12.4. The quantitative estimate of drug-likeness (QED) is 0.681. The van der Waals surface area contributed by atoms with Crippen molar-refractivity contribution < 1.29 is 9.59 Å². The Labute approximate surface area is 146 Å². The average molecular weight is 328 g/mol. The summed E-state index contributed by atoms with van der Waals surface area (Å²) < 4.78 is 0. The van der Waals surface area contributed by atoms with Crippen molar-refractivity contribution in [3.05, 3.63) is 11.6 Å². The third-order valence-corrected chi connectivity index (χ3v) is 8.74. The second-order valence-corrected chi connectivity index (χ2v) is 9.81. The van der Waals surface area contributed by atoms with Crippen molar-refractivity contribution in [2.45, 2.75) is 72.6 Å². The lowest BCUT2D eigenvalue weighted by molar-refractivity contribution is -0.129. The normalized spacial score (nSPS) is 50.6. The van der Waals surface area contributed by atoms with Gasteiger partial charge in [-0.1, -0.05) is 26.3 Å². The molecule has 0 saturated heterocycles. The lowest BCUT2D eigenvalue weighted by atomic mass is 9.46. The van der Waals surface area contributed by atoms with Crippen molar-refractivity contribution in [2.24, 2.45) is 40.4 Å². The van der Waals surface area contributed by atoms with Crippen LogP contribution in [0.2, 0.25) is 0 Å². The monoisotopic (exact) mass is 328 g/mol. The zero-order chi connectivity index (χ0) is 17.3. The van der Waals surface area contributed by atoms with E-state index >= 15 is 0 Å². The standard InChI is InChI=1S/C22H32O2/c1-13-11-19-17-6-5-15-12-16(24)7-9-21(15,3)18(17)8-10-22(19,4)20(13)14(2)23/h12-13,17-20H,5-11H2,1-4H3/t13-,17-,18+,19+,20-,21-,22+/m0/s1. The summed E-state index contributed by atoms with van der Waals surface area (Å²) in [7, 11) is 0. The maximum Gasteiger partial charge on any atom is 0.155 e. The highest BCUT2D eigenvalue weighted by atomic mass is 16.1. The van der Waals surface area contributed by atoms with Crippen LogP contribution in [0.15, 0.2) is 11.6 Å². The SMILES string of the molecule is CC(=O)[C@@H]1[C@@H](C)C[C@@H]2[C@H]3CCC4=CC(=O)CC[C@]4(C)[C@@H]3CC[C@]21C. The minimum absolute atomic E-state index is 0.217. The molecule has 0 N–H and O–H groups in total. The first kappa shape index (κ1) is 16.5. The molecule has 2 nitrogen and oxygen atoms in total. The summed E-state index contributed by atoms with van der Waals surface area (Å²) in [6, 6.07) is 0. The number of allylic oxidation sites excluding steroid dienone is 1. The molecule has 132 valence electrons. The lowest BCUT2D eigenvalue weighted by Gasteiger charge is -2.58. The molecule has 0 radical (unpaired) electrons. The average Bonchev–Trinajstić information content (AvgIpc) is 2.78. The number of hydrogen-bond acceptors (Lipinski definition) is 2. The first-order valence-electron chi connectivity index (χ1n) is 10.0. The summed E-state index contributed by atoms with van der Waals surface area (Å²) in [5.41, 5.74) is 1.90. The Bertz CT molecular complexity index is 617. The molecule has 3 fully saturated rings. The Morgan fingerprint density at radius 3 is 2.58 bits per heavy atom. The van der Waals surface area contributed by atoms with Crippen LogP contribution >= 0.6 is 0 Å². The van der Waals surface area contributed by atoms with Crippen LogP contribution in [0, 0.1) is 40.4 Å². The van der Waals surface area contributed by atoms with E-state index in [1.807, 2.05) is 13.0 Å². The van der Waals surface area contributed by atoms with Gasteiger partial charge >= 0.3 is 0 Å². The maximum absolute atomic E-state index is 12.4. The Kier molecular flexibility index (Phi) is 3.64. The number of carbonyl (C=O) groups excluding carboxylic acids is 2. The van der Waals surface area contributed by atoms with E-state index in [-0.39, 0.29) is 16.7 Å². The molecule has 0 spiro atoms. The van der Waals surface area contributed by atoms with Gasteiger partial charge in [0.05, 0.1) is 0 Å². The van der Waals surface area contributed by atoms with E-state index < -0.39 is 0 Å². The fourth-order valence-corrected chi connectivity index (χ4v) is 7.79. The van der Waals surface area contributed by atoms with Gasteiger partial charge in [0.1, 0.15) is 5.78 Å². The second-order valence-electron chi connectivity index (χ2n) is 9.81. The van der Waals surface area contributed by atoms with Crippen LogP contribution in [0.4, 0.5) is 0 Å². The molecule has 0 heterocycles. The third kappa shape index (κ3) is 2.07. The van der Waals surface area contributed by atoms with E-state index in [1.165, 1.54) is 31.3 Å². The van der Waals surface area contributed by atoms with Crippen LogP contribution in [0.5, 0.6) is 0 Å². The van der Waals surface area contributed by atoms with Crippen LogP contribution in [0.1, 0.15) is 72.6 Å². The van der Waals surface area contributed by atoms with Gasteiger partial charge in [0.25, 0.3) is 0 Å². The summed E-state index contributed by atoms with van der Waals surface area (Å²) in [4.78, 5) is 24.3. The van der Waals surface area contributed by atoms with Crippen LogP contribution in [0.3, 0.4) is 0 Å². The highest BCUT2D eigenvalue weighted by Crippen LogP contribution is 2.67. The fraction of sp³-hybridized carbons (Fsp3) is 0.818. The molecule has 0 unspecified atom stereocenters. The molecule has 0 aromatic rings. The molecule has 0 bridgehead atoms. The third-order valence-electron chi connectivity index (χ3n) is 8.74. The van der Waals surface area contributed by atoms with E-state index in [9.17, 15) is 9.59 Å². The topological polar surface area (TPSA) is 34.1 Å². The van der Waals surface area contributed by atoms with E-state index in [0.29, 0.717) is 23.4 Å². The van der Waals surface area contributed by atoms with Gasteiger partial charge < -0.3 is 0 Å². The van der Waals surface area contributed by atoms with E-state index in [0.717, 1.165) is 31.1 Å². The number of rotatable bonds is 1. The van der Waals surface area contributed by atoms with Gasteiger partial charge in [-0.3, -0.25) is 9.59 Å². The minimum atomic E-state index is 0.217. The van der Waals surface area contributed by atoms with Crippen molar-refractivity contribution >= 4 is 11.6 Å². The van der Waals surface area contributed by atoms with Crippen LogP contribution < -0.4 is 0 Å². The second kappa shape index (κ2) is 5.29. The van der Waals surface area contributed by atoms with Gasteiger partial charge in [-0.25, -0.2) is 0 Å². The van der Waals surface area contributed by atoms with Gasteiger partial charge in [-0.15, -0.1) is 0 Å². The van der Waals surface area contributed by atoms with Gasteiger partial charge in [0.2, 0.25) is 0 Å². The molecular weight excluding hydrogens is 296 g/mol. The predicted molar refractivity (Wildman–Crippen MR) is 95.4 cm³/mol. The van der Waals surface area contributed by atoms with E-state index in [4.69, 9.17) is 0 Å². The molecule has 3 saturated carbocycles. The molecule has 4 rings (SSSR count). The minimum Gasteiger partial charge on any atom is -0.300 e. The number of hydrogen-bond donors (Lipinski definition) is 0. The number of ketones is 2. The molecule has 24 heavy (non-hydrogen) atoms. The molecule has 7 atom stereocenters. The zero-order valence-corrected chi connectivity index (χ0v) is 15.7. The highest BCUT2D eigenvalue weighted by molar-refractivity contribution is 5.91. The zero-order valence-electron chi connectivity index (χ0n) is 15.7. The number of fused-ring (bicyclic) bond motifs is 5. The highest BCUT2D eigenvalue weighted by Gasteiger charge is 2.61. The molecule has 0 aromatic heterocycles. The van der Waals surface area contributed by atoms with Crippen molar-refractivity contribution in [2.75, 3.05) is 0 Å². The molecular formula is C22H32O2. The van der Waals surface area contributed by atoms with E-state index in [1.54, 1.807) is 0 Å². The number of Topliss-reactive ketones (excluding diaryl/α,β-unsaturated/α-hetero) is 1. The molecule has 4 aliphatic rings. The van der Waals surface area contributed by atoms with Crippen molar-refractivity contribution in [3.63, 3.8) is 0 Å². The van der Waals surface area contributed by atoms with Crippen LogP contribution in [-0.2, 0) is 9.59 Å². The molecule has 0 aliphatic heterocycles. The first-order chi connectivity index (χ1) is 11.3. The van der Waals surface area contributed by atoms with Crippen molar-refractivity contribution in [1.82, 2.24) is 0 Å². The number of carbonyl (C=O) groups is 2. The van der Waals surface area contributed by atoms with Crippen molar-refractivity contribution in [3.8, 4) is 0 Å². The van der Waals surface area contributed by atoms with Crippen molar-refractivity contribution in [1.29, 1.82) is 0 Å². The Balaban J connectivity index is 1.69. The smallest absolute Gasteiger partial charge is 0.155 e. The molecule has 0 amide bonds. The summed E-state index contributed by atoms with van der Waals surface area (Å²) in [5, 5.41) is 0. The molecule has 4 aliphatic carbocycles. The van der Waals surface area contributed by atoms with Gasteiger partial charge in [0, 0.05) is 12.3 Å². The summed E-state index contributed by atoms with van der Waals surface area (Å²) in [6.45, 7) is 8.98. The largest absolute Gasteiger partial charge is 0.300 e. The lowest BCUT2D eigenvalue weighted by Crippen LogP contribution is -2.51. The first-order valence-corrected chi connectivity index (χ1v) is 10.0. The fourth-order valence-electron chi connectivity index (χ4n) is 7.79. The van der Waals surface area contributed by atoms with Gasteiger partial charge in [-0.05, 0) is 86.0 Å². The summed E-state index contributed by atoms with van der Waals surface area (Å²) in [6.07, 6.45) is 9.79. The Morgan fingerprint density at radius 2 is 1.88 bits per heavy atom. The summed E-state index contributed by atoms with van der Waals surface area (Å²) >= 11 is 0. The van der Waals surface area contributed by atoms with Gasteiger partial charge in [0.15, 0.2) is 5.78 Å². The molecule has 2 heteroatoms. The Morgan fingerprint density at radius 1 is 1.12 bits per heavy atom. The van der Waals surface area contributed by atoms with Crippen LogP contribution in [0.25, 0.3) is 0 Å².